The second-order valence-electron chi connectivity index (χ2n) is 12.4. The van der Waals surface area contributed by atoms with Gasteiger partial charge in [-0.05, 0) is 23.6 Å². The highest BCUT2D eigenvalue weighted by Crippen LogP contribution is 2.34. The number of rotatable bonds is 38. The van der Waals surface area contributed by atoms with Crippen LogP contribution in [0.3, 0.4) is 0 Å². The monoisotopic (exact) mass is 930 g/mol. The molecule has 1 aromatic heterocycles. The smallest absolute Gasteiger partial charge is 0.491 e. The molecule has 0 fully saturated rings. The summed E-state index contributed by atoms with van der Waals surface area (Å²) in [6.45, 7) is -11.9. The molecule has 0 amide bonds. The zero-order chi connectivity index (χ0) is 45.3. The van der Waals surface area contributed by atoms with E-state index in [1.165, 1.54) is 11.3 Å². The van der Waals surface area contributed by atoms with E-state index in [4.69, 9.17) is 23.7 Å². The molecule has 3 unspecified atom stereocenters. The minimum absolute atomic E-state index is 0.208. The summed E-state index contributed by atoms with van der Waals surface area (Å²) in [7, 11) is 0. The van der Waals surface area contributed by atoms with Crippen LogP contribution in [-0.2, 0) is 58.5 Å². The number of aliphatic hydroxyl groups is 3. The fourth-order valence-electron chi connectivity index (χ4n) is 4.18. The quantitative estimate of drug-likeness (QED) is 0.0488. The van der Waals surface area contributed by atoms with Crippen LogP contribution >= 0.6 is 11.3 Å². The van der Waals surface area contributed by atoms with Crippen LogP contribution in [0.5, 0.6) is 5.75 Å². The highest BCUT2D eigenvalue weighted by atomic mass is 32.1. The van der Waals surface area contributed by atoms with Gasteiger partial charge in [0.1, 0.15) is 63.9 Å². The van der Waals surface area contributed by atoms with Gasteiger partial charge in [-0.3, -0.25) is 4.74 Å². The second-order valence-corrected chi connectivity index (χ2v) is 13.4. The van der Waals surface area contributed by atoms with E-state index >= 15 is 0 Å². The topological polar surface area (TPSA) is 171 Å². The molecular weight excluding hydrogens is 882 g/mol. The summed E-state index contributed by atoms with van der Waals surface area (Å²) in [6.07, 6.45) is -27.5. The van der Waals surface area contributed by atoms with Crippen LogP contribution in [0.2, 0.25) is 0 Å². The lowest BCUT2D eigenvalue weighted by molar-refractivity contribution is -0.518. The lowest BCUT2D eigenvalue weighted by Gasteiger charge is -2.26. The Kier molecular flexibility index (Phi) is 25.3. The molecule has 0 saturated carbocycles. The molecule has 61 heavy (non-hydrogen) atoms. The van der Waals surface area contributed by atoms with Crippen molar-refractivity contribution < 1.29 is 116 Å². The number of halogens is 10. The molecule has 0 radical (unpaired) electrons. The van der Waals surface area contributed by atoms with E-state index in [9.17, 15) is 59.2 Å². The number of ether oxygens (including phenoxy) is 12. The van der Waals surface area contributed by atoms with E-state index in [1.54, 1.807) is 30.3 Å². The Morgan fingerprint density at radius 1 is 0.459 bits per heavy atom. The first-order valence-electron chi connectivity index (χ1n) is 18.0. The van der Waals surface area contributed by atoms with E-state index in [1.807, 2.05) is 17.5 Å². The Labute approximate surface area is 347 Å². The third-order valence-electron chi connectivity index (χ3n) is 6.64. The Bertz CT molecular complexity index is 1390. The molecule has 0 aliphatic carbocycles. The van der Waals surface area contributed by atoms with Crippen molar-refractivity contribution in [1.82, 2.24) is 0 Å². The van der Waals surface area contributed by atoms with E-state index < -0.39 is 115 Å². The van der Waals surface area contributed by atoms with E-state index in [0.717, 1.165) is 4.88 Å². The normalized spacial score (nSPS) is 14.6. The summed E-state index contributed by atoms with van der Waals surface area (Å²) in [4.78, 5) is 1.01. The summed E-state index contributed by atoms with van der Waals surface area (Å²) in [5, 5.41) is 31.1. The zero-order valence-electron chi connectivity index (χ0n) is 32.3. The highest BCUT2D eigenvalue weighted by Gasteiger charge is 2.52. The molecule has 26 heteroatoms. The molecule has 1 aromatic carbocycles. The molecular formula is C35H48F10O15S. The van der Waals surface area contributed by atoms with E-state index in [0.29, 0.717) is 12.2 Å². The van der Waals surface area contributed by atoms with Crippen LogP contribution in [-0.4, -0.2) is 170 Å². The van der Waals surface area contributed by atoms with Crippen LogP contribution in [0.15, 0.2) is 47.8 Å². The number of hydrogen-bond acceptors (Lipinski definition) is 16. The van der Waals surface area contributed by atoms with Crippen molar-refractivity contribution in [3.05, 3.63) is 52.7 Å². The molecule has 354 valence electrons. The molecule has 0 bridgehead atoms. The summed E-state index contributed by atoms with van der Waals surface area (Å²) in [5.74, 6) is 0.404. The number of para-hydroxylation sites is 1. The van der Waals surface area contributed by atoms with E-state index in [-0.39, 0.29) is 39.6 Å². The van der Waals surface area contributed by atoms with Gasteiger partial charge in [0, 0.05) is 11.3 Å². The Hall–Kier alpha value is -2.54. The highest BCUT2D eigenvalue weighted by molar-refractivity contribution is 7.09. The van der Waals surface area contributed by atoms with Gasteiger partial charge in [0.2, 0.25) is 0 Å². The minimum atomic E-state index is -5.50. The summed E-state index contributed by atoms with van der Waals surface area (Å²) < 4.78 is 190. The van der Waals surface area contributed by atoms with Crippen molar-refractivity contribution >= 4 is 11.3 Å². The number of benzene rings is 1. The van der Waals surface area contributed by atoms with Crippen molar-refractivity contribution in [2.75, 3.05) is 106 Å². The van der Waals surface area contributed by atoms with Crippen molar-refractivity contribution in [2.24, 2.45) is 0 Å². The number of alkyl halides is 10. The number of aliphatic hydroxyl groups excluding tert-OH is 3. The molecule has 0 aliphatic rings. The van der Waals surface area contributed by atoms with Gasteiger partial charge in [0.15, 0.2) is 0 Å². The molecule has 3 N–H and O–H groups in total. The van der Waals surface area contributed by atoms with Crippen molar-refractivity contribution in [2.45, 2.75) is 55.5 Å². The largest absolute Gasteiger partial charge is 0.495 e. The first-order valence-corrected chi connectivity index (χ1v) is 18.9. The molecule has 2 aromatic rings. The van der Waals surface area contributed by atoms with Gasteiger partial charge in [-0.25, -0.2) is 9.47 Å². The molecule has 1 heterocycles. The van der Waals surface area contributed by atoms with Crippen LogP contribution in [0.4, 0.5) is 43.9 Å². The van der Waals surface area contributed by atoms with Gasteiger partial charge in [-0.2, -0.15) is 35.1 Å². The van der Waals surface area contributed by atoms with Gasteiger partial charge >= 0.3 is 30.7 Å². The maximum atomic E-state index is 13.8. The Morgan fingerprint density at radius 3 is 1.44 bits per heavy atom. The molecule has 3 atom stereocenters. The first-order chi connectivity index (χ1) is 28.7. The fraction of sp³-hybridized carbons (Fsp3) is 0.714. The average molecular weight is 931 g/mol. The summed E-state index contributed by atoms with van der Waals surface area (Å²) >= 11 is 1.48. The predicted octanol–water partition coefficient (Wildman–Crippen LogP) is 4.51. The lowest BCUT2D eigenvalue weighted by Crippen LogP contribution is -2.44. The molecule has 0 aliphatic heterocycles. The average Bonchev–Trinajstić information content (AvgIpc) is 3.67. The predicted molar refractivity (Wildman–Crippen MR) is 188 cm³/mol. The number of hydrogen-bond donors (Lipinski definition) is 3. The van der Waals surface area contributed by atoms with Gasteiger partial charge in [-0.15, -0.1) is 20.1 Å². The third kappa shape index (κ3) is 28.7. The molecule has 0 saturated heterocycles. The van der Waals surface area contributed by atoms with Gasteiger partial charge < -0.3 is 58.0 Å². The fourth-order valence-corrected chi connectivity index (χ4v) is 4.87. The van der Waals surface area contributed by atoms with E-state index in [2.05, 4.69) is 33.2 Å². The van der Waals surface area contributed by atoms with Crippen LogP contribution in [0, 0.1) is 0 Å². The van der Waals surface area contributed by atoms with Gasteiger partial charge in [-0.1, -0.05) is 24.3 Å². The Balaban J connectivity index is 1.45. The summed E-state index contributed by atoms with van der Waals surface area (Å²) in [5.41, 5.74) is 0. The Morgan fingerprint density at radius 2 is 0.902 bits per heavy atom. The van der Waals surface area contributed by atoms with Crippen molar-refractivity contribution in [1.29, 1.82) is 0 Å². The SMILES string of the molecule is OC(COCCOCOCC(F)(F)OC(F)(F)COCC(O)COc1ccccc1)COCCOCC(F)(F)OC(F)(F)OC(F)(F)COCC(O)COCCc1cccs1. The van der Waals surface area contributed by atoms with Crippen LogP contribution in [0.25, 0.3) is 0 Å². The van der Waals surface area contributed by atoms with Crippen LogP contribution in [0.1, 0.15) is 4.88 Å². The first kappa shape index (κ1) is 54.6. The maximum absolute atomic E-state index is 13.8. The number of thiophene rings is 1. The second kappa shape index (κ2) is 28.3. The van der Waals surface area contributed by atoms with Crippen LogP contribution < -0.4 is 4.74 Å². The van der Waals surface area contributed by atoms with Crippen molar-refractivity contribution in [3.8, 4) is 5.75 Å². The zero-order valence-corrected chi connectivity index (χ0v) is 33.1. The third-order valence-corrected chi connectivity index (χ3v) is 7.57. The van der Waals surface area contributed by atoms with Crippen molar-refractivity contribution in [3.63, 3.8) is 0 Å². The lowest BCUT2D eigenvalue weighted by atomic mass is 10.3. The minimum Gasteiger partial charge on any atom is -0.491 e. The molecule has 2 rings (SSSR count). The standard InChI is InChI=1S/C35H48F10O15S/c36-31(37,22-55-19-28(48)20-57-29-5-2-1-3-6-29)58-32(38,39)24-56-25-53-13-11-51-17-26(46)16-50-10-12-52-21-33(40,41)59-35(44,45)60-34(42,43)23-54-18-27(47)15-49-9-8-30-7-4-14-61-30/h1-7,14,26-28,46-48H,8-13,15-25H2. The molecule has 15 nitrogen and oxygen atoms in total. The maximum Gasteiger partial charge on any atom is 0.495 e. The summed E-state index contributed by atoms with van der Waals surface area (Å²) in [6, 6.07) is 11.9. The van der Waals surface area contributed by atoms with Gasteiger partial charge in [0.05, 0.1) is 66.1 Å². The molecule has 0 spiro atoms. The van der Waals surface area contributed by atoms with Gasteiger partial charge in [0.25, 0.3) is 0 Å².